The molecule has 1 aliphatic rings. The van der Waals surface area contributed by atoms with Crippen LogP contribution < -0.4 is 11.1 Å². The first kappa shape index (κ1) is 13.4. The van der Waals surface area contributed by atoms with Gasteiger partial charge in [-0.3, -0.25) is 0 Å². The van der Waals surface area contributed by atoms with E-state index in [1.165, 1.54) is 0 Å². The molecule has 1 aromatic heterocycles. The van der Waals surface area contributed by atoms with Gasteiger partial charge in [0.05, 0.1) is 22.9 Å². The molecule has 0 bridgehead atoms. The molecule has 1 atom stereocenters. The molecule has 0 aromatic carbocycles. The third-order valence-corrected chi connectivity index (χ3v) is 5.00. The second-order valence-electron chi connectivity index (χ2n) is 4.49. The Morgan fingerprint density at radius 1 is 1.50 bits per heavy atom. The van der Waals surface area contributed by atoms with E-state index in [0.717, 1.165) is 0 Å². The number of aryl methyl sites for hydroxylation is 1. The number of anilines is 2. The first-order valence-corrected chi connectivity index (χ1v) is 7.81. The molecule has 0 radical (unpaired) electrons. The topological polar surface area (TPSA) is 98.0 Å². The lowest BCUT2D eigenvalue weighted by Crippen LogP contribution is -2.17. The molecule has 1 unspecified atom stereocenters. The highest BCUT2D eigenvalue weighted by atomic mass is 35.5. The van der Waals surface area contributed by atoms with E-state index in [-0.39, 0.29) is 22.7 Å². The van der Waals surface area contributed by atoms with Gasteiger partial charge in [0.25, 0.3) is 0 Å². The van der Waals surface area contributed by atoms with Gasteiger partial charge < -0.3 is 11.1 Å². The highest BCUT2D eigenvalue weighted by Gasteiger charge is 2.27. The van der Waals surface area contributed by atoms with Crippen molar-refractivity contribution in [3.63, 3.8) is 0 Å². The Morgan fingerprint density at radius 3 is 2.83 bits per heavy atom. The normalized spacial score (nSPS) is 22.0. The van der Waals surface area contributed by atoms with Crippen LogP contribution in [0, 0.1) is 12.8 Å². The van der Waals surface area contributed by atoms with Crippen LogP contribution in [0.25, 0.3) is 0 Å². The van der Waals surface area contributed by atoms with Crippen LogP contribution in [0.3, 0.4) is 0 Å². The zero-order valence-corrected chi connectivity index (χ0v) is 11.6. The summed E-state index contributed by atoms with van der Waals surface area (Å²) >= 11 is 5.75. The molecule has 2 rings (SSSR count). The quantitative estimate of drug-likeness (QED) is 0.802. The number of nitrogens with zero attached hydrogens (tertiary/aromatic N) is 2. The average molecular weight is 291 g/mol. The lowest BCUT2D eigenvalue weighted by atomic mass is 10.1. The van der Waals surface area contributed by atoms with Crippen molar-refractivity contribution in [2.45, 2.75) is 13.3 Å². The molecule has 6 nitrogen and oxygen atoms in total. The average Bonchev–Trinajstić information content (AvgIpc) is 2.61. The van der Waals surface area contributed by atoms with Crippen molar-refractivity contribution in [1.29, 1.82) is 0 Å². The van der Waals surface area contributed by atoms with Gasteiger partial charge >= 0.3 is 0 Å². The van der Waals surface area contributed by atoms with Gasteiger partial charge in [0.15, 0.2) is 15.7 Å². The maximum absolute atomic E-state index is 11.3. The zero-order chi connectivity index (χ0) is 13.3. The molecule has 0 saturated carbocycles. The third kappa shape index (κ3) is 3.02. The van der Waals surface area contributed by atoms with Gasteiger partial charge in [-0.25, -0.2) is 13.4 Å². The van der Waals surface area contributed by atoms with Crippen molar-refractivity contribution >= 4 is 32.9 Å². The summed E-state index contributed by atoms with van der Waals surface area (Å²) in [6.45, 7) is 2.27. The van der Waals surface area contributed by atoms with Crippen molar-refractivity contribution in [3.05, 3.63) is 11.0 Å². The van der Waals surface area contributed by atoms with E-state index < -0.39 is 9.84 Å². The van der Waals surface area contributed by atoms with Crippen LogP contribution in [-0.4, -0.2) is 36.4 Å². The first-order chi connectivity index (χ1) is 8.37. The fourth-order valence-electron chi connectivity index (χ4n) is 1.96. The van der Waals surface area contributed by atoms with Gasteiger partial charge in [-0.05, 0) is 30.9 Å². The first-order valence-electron chi connectivity index (χ1n) is 5.61. The van der Waals surface area contributed by atoms with Gasteiger partial charge in [0.1, 0.15) is 0 Å². The van der Waals surface area contributed by atoms with Crippen molar-refractivity contribution in [3.8, 4) is 0 Å². The van der Waals surface area contributed by atoms with Gasteiger partial charge in [-0.15, -0.1) is 0 Å². The van der Waals surface area contributed by atoms with Crippen molar-refractivity contribution < 1.29 is 8.42 Å². The smallest absolute Gasteiger partial charge is 0.224 e. The molecular weight excluding hydrogens is 276 g/mol. The molecule has 0 spiro atoms. The van der Waals surface area contributed by atoms with E-state index in [2.05, 4.69) is 15.3 Å². The van der Waals surface area contributed by atoms with Crippen LogP contribution in [-0.2, 0) is 9.84 Å². The molecule has 8 heteroatoms. The summed E-state index contributed by atoms with van der Waals surface area (Å²) in [6, 6.07) is 0. The van der Waals surface area contributed by atoms with E-state index in [4.69, 9.17) is 17.3 Å². The van der Waals surface area contributed by atoms with Crippen molar-refractivity contribution in [2.24, 2.45) is 5.92 Å². The van der Waals surface area contributed by atoms with Crippen LogP contribution in [0.1, 0.15) is 12.1 Å². The van der Waals surface area contributed by atoms with Gasteiger partial charge in [0.2, 0.25) is 5.28 Å². The number of nitrogen functional groups attached to an aromatic ring is 1. The summed E-state index contributed by atoms with van der Waals surface area (Å²) in [4.78, 5) is 7.93. The maximum Gasteiger partial charge on any atom is 0.224 e. The highest BCUT2D eigenvalue weighted by molar-refractivity contribution is 7.91. The number of halogens is 1. The molecule has 1 saturated heterocycles. The summed E-state index contributed by atoms with van der Waals surface area (Å²) in [5.41, 5.74) is 6.88. The number of nitrogens with one attached hydrogen (secondary N) is 1. The predicted octanol–water partition coefficient (Wildman–Crippen LogP) is 0.867. The minimum Gasteiger partial charge on any atom is -0.394 e. The van der Waals surface area contributed by atoms with Crippen molar-refractivity contribution in [2.75, 3.05) is 29.1 Å². The van der Waals surface area contributed by atoms with Crippen molar-refractivity contribution in [1.82, 2.24) is 9.97 Å². The van der Waals surface area contributed by atoms with Crippen LogP contribution in [0.2, 0.25) is 5.28 Å². The van der Waals surface area contributed by atoms with Gasteiger partial charge in [-0.1, -0.05) is 0 Å². The largest absolute Gasteiger partial charge is 0.394 e. The van der Waals surface area contributed by atoms with Crippen LogP contribution >= 0.6 is 11.6 Å². The number of sulfone groups is 1. The Kier molecular flexibility index (Phi) is 3.63. The number of nitrogens with two attached hydrogens (primary N) is 1. The maximum atomic E-state index is 11.3. The zero-order valence-electron chi connectivity index (χ0n) is 9.98. The molecule has 1 fully saturated rings. The Hall–Kier alpha value is -1.08. The summed E-state index contributed by atoms with van der Waals surface area (Å²) < 4.78 is 22.7. The highest BCUT2D eigenvalue weighted by Crippen LogP contribution is 2.23. The summed E-state index contributed by atoms with van der Waals surface area (Å²) in [6.07, 6.45) is 0.674. The fourth-order valence-corrected chi connectivity index (χ4v) is 4.03. The molecule has 0 amide bonds. The predicted molar refractivity (Wildman–Crippen MR) is 71.4 cm³/mol. The van der Waals surface area contributed by atoms with Crippen LogP contribution in [0.5, 0.6) is 0 Å². The SMILES string of the molecule is Cc1nc(Cl)nc(NCC2CCS(=O)(=O)C2)c1N. The van der Waals surface area contributed by atoms with E-state index in [1.807, 2.05) is 0 Å². The Bertz CT molecular complexity index is 561. The Balaban J connectivity index is 2.03. The minimum atomic E-state index is -2.86. The third-order valence-electron chi connectivity index (χ3n) is 2.99. The summed E-state index contributed by atoms with van der Waals surface area (Å²) in [5.74, 6) is 1.05. The van der Waals surface area contributed by atoms with Gasteiger partial charge in [0, 0.05) is 6.54 Å². The lowest BCUT2D eigenvalue weighted by Gasteiger charge is -2.13. The molecule has 100 valence electrons. The van der Waals surface area contributed by atoms with E-state index in [1.54, 1.807) is 6.92 Å². The molecule has 2 heterocycles. The second kappa shape index (κ2) is 4.89. The fraction of sp³-hybridized carbons (Fsp3) is 0.600. The van der Waals surface area contributed by atoms with E-state index in [0.29, 0.717) is 30.2 Å². The van der Waals surface area contributed by atoms with Crippen LogP contribution in [0.4, 0.5) is 11.5 Å². The standard InChI is InChI=1S/C10H15ClN4O2S/c1-6-8(12)9(15-10(11)14-6)13-4-7-2-3-18(16,17)5-7/h7H,2-5,12H2,1H3,(H,13,14,15). The Morgan fingerprint density at radius 2 is 2.22 bits per heavy atom. The lowest BCUT2D eigenvalue weighted by molar-refractivity contribution is 0.595. The second-order valence-corrected chi connectivity index (χ2v) is 7.06. The molecule has 3 N–H and O–H groups in total. The molecule has 0 aliphatic carbocycles. The summed E-state index contributed by atoms with van der Waals surface area (Å²) in [7, 11) is -2.86. The minimum absolute atomic E-state index is 0.100. The molecule has 18 heavy (non-hydrogen) atoms. The number of hydrogen-bond acceptors (Lipinski definition) is 6. The monoisotopic (exact) mass is 290 g/mol. The summed E-state index contributed by atoms with van der Waals surface area (Å²) in [5, 5.41) is 3.18. The number of rotatable bonds is 3. The molecule has 1 aliphatic heterocycles. The van der Waals surface area contributed by atoms with E-state index >= 15 is 0 Å². The number of aromatic nitrogens is 2. The number of hydrogen-bond donors (Lipinski definition) is 2. The molecule has 1 aromatic rings. The Labute approximate surface area is 111 Å². The molecular formula is C10H15ClN4O2S. The van der Waals surface area contributed by atoms with Crippen LogP contribution in [0.15, 0.2) is 0 Å². The van der Waals surface area contributed by atoms with E-state index in [9.17, 15) is 8.42 Å². The van der Waals surface area contributed by atoms with Gasteiger partial charge in [-0.2, -0.15) is 4.98 Å².